The van der Waals surface area contributed by atoms with Crippen LogP contribution in [-0.4, -0.2) is 41.0 Å². The van der Waals surface area contributed by atoms with Gasteiger partial charge in [0.15, 0.2) is 5.25 Å². The zero-order valence-electron chi connectivity index (χ0n) is 16.3. The summed E-state index contributed by atoms with van der Waals surface area (Å²) < 4.78 is 13.0. The molecule has 2 unspecified atom stereocenters. The molecule has 0 aliphatic carbocycles. The van der Waals surface area contributed by atoms with Gasteiger partial charge in [0.2, 0.25) is 17.7 Å². The predicted molar refractivity (Wildman–Crippen MR) is 112 cm³/mol. The highest BCUT2D eigenvalue weighted by Crippen LogP contribution is 2.36. The van der Waals surface area contributed by atoms with E-state index in [1.54, 1.807) is 17.0 Å². The number of para-hydroxylation sites is 1. The standard InChI is InChI=1S/C22H22FN3O3S/c23-16-9-7-14(8-10-16)12-24-20(27)15-4-3-11-26(13-15)22(29)19-21(28)25-17-5-1-2-6-18(17)30-19/h1-2,5-10,15,19H,3-4,11-13H2,(H,24,27)(H,25,28). The van der Waals surface area contributed by atoms with Crippen LogP contribution >= 0.6 is 11.8 Å². The molecule has 2 aliphatic rings. The molecule has 156 valence electrons. The van der Waals surface area contributed by atoms with E-state index in [4.69, 9.17) is 0 Å². The monoisotopic (exact) mass is 427 g/mol. The van der Waals surface area contributed by atoms with E-state index in [-0.39, 0.29) is 29.5 Å². The number of anilines is 1. The molecule has 0 aromatic heterocycles. The van der Waals surface area contributed by atoms with E-state index in [0.717, 1.165) is 10.5 Å². The molecule has 2 aromatic rings. The Morgan fingerprint density at radius 3 is 2.73 bits per heavy atom. The van der Waals surface area contributed by atoms with Gasteiger partial charge in [-0.2, -0.15) is 0 Å². The predicted octanol–water partition coefficient (Wildman–Crippen LogP) is 2.79. The van der Waals surface area contributed by atoms with Gasteiger partial charge < -0.3 is 15.5 Å². The Balaban J connectivity index is 1.36. The number of carbonyl (C=O) groups is 3. The number of benzene rings is 2. The number of hydrogen-bond acceptors (Lipinski definition) is 4. The second-order valence-electron chi connectivity index (χ2n) is 7.45. The molecule has 2 N–H and O–H groups in total. The molecule has 0 radical (unpaired) electrons. The van der Waals surface area contributed by atoms with E-state index >= 15 is 0 Å². The van der Waals surface area contributed by atoms with Crippen molar-refractivity contribution in [2.45, 2.75) is 29.5 Å². The van der Waals surface area contributed by atoms with E-state index < -0.39 is 5.25 Å². The van der Waals surface area contributed by atoms with Gasteiger partial charge in [-0.15, -0.1) is 11.8 Å². The van der Waals surface area contributed by atoms with Crippen LogP contribution in [0, 0.1) is 11.7 Å². The number of amides is 3. The van der Waals surface area contributed by atoms with Crippen LogP contribution in [-0.2, 0) is 20.9 Å². The topological polar surface area (TPSA) is 78.5 Å². The molecule has 30 heavy (non-hydrogen) atoms. The summed E-state index contributed by atoms with van der Waals surface area (Å²) in [5, 5.41) is 4.81. The van der Waals surface area contributed by atoms with E-state index in [1.807, 2.05) is 24.3 Å². The molecule has 0 saturated carbocycles. The first-order chi connectivity index (χ1) is 14.5. The molecule has 1 saturated heterocycles. The number of thioether (sulfide) groups is 1. The Kier molecular flexibility index (Phi) is 6.03. The summed E-state index contributed by atoms with van der Waals surface area (Å²) in [5.41, 5.74) is 1.52. The van der Waals surface area contributed by atoms with Crippen molar-refractivity contribution >= 4 is 35.2 Å². The lowest BCUT2D eigenvalue weighted by Crippen LogP contribution is -2.50. The normalized spacial score (nSPS) is 20.8. The fourth-order valence-corrected chi connectivity index (χ4v) is 4.78. The molecule has 0 spiro atoms. The highest BCUT2D eigenvalue weighted by Gasteiger charge is 2.38. The first-order valence-corrected chi connectivity index (χ1v) is 10.8. The molecule has 8 heteroatoms. The third-order valence-corrected chi connectivity index (χ3v) is 6.60. The average molecular weight is 428 g/mol. The lowest BCUT2D eigenvalue weighted by molar-refractivity contribution is -0.137. The van der Waals surface area contributed by atoms with Crippen molar-refractivity contribution in [3.8, 4) is 0 Å². The lowest BCUT2D eigenvalue weighted by Gasteiger charge is -2.35. The van der Waals surface area contributed by atoms with Gasteiger partial charge in [0.05, 0.1) is 11.6 Å². The Labute approximate surface area is 178 Å². The number of nitrogens with zero attached hydrogens (tertiary/aromatic N) is 1. The minimum Gasteiger partial charge on any atom is -0.352 e. The second-order valence-corrected chi connectivity index (χ2v) is 8.60. The highest BCUT2D eigenvalue weighted by molar-refractivity contribution is 8.01. The minimum absolute atomic E-state index is 0.136. The third kappa shape index (κ3) is 4.48. The van der Waals surface area contributed by atoms with Crippen molar-refractivity contribution in [3.63, 3.8) is 0 Å². The van der Waals surface area contributed by atoms with Gasteiger partial charge in [0.1, 0.15) is 5.82 Å². The van der Waals surface area contributed by atoms with Crippen LogP contribution in [0.2, 0.25) is 0 Å². The summed E-state index contributed by atoms with van der Waals surface area (Å²) in [7, 11) is 0. The first kappa shape index (κ1) is 20.4. The fraction of sp³-hybridized carbons (Fsp3) is 0.318. The number of nitrogens with one attached hydrogen (secondary N) is 2. The fourth-order valence-electron chi connectivity index (χ4n) is 3.71. The van der Waals surface area contributed by atoms with E-state index in [9.17, 15) is 18.8 Å². The summed E-state index contributed by atoms with van der Waals surface area (Å²) >= 11 is 1.25. The maximum absolute atomic E-state index is 13.0. The van der Waals surface area contributed by atoms with Crippen LogP contribution in [0.25, 0.3) is 0 Å². The molecule has 3 amide bonds. The number of hydrogen-bond donors (Lipinski definition) is 2. The lowest BCUT2D eigenvalue weighted by atomic mass is 9.96. The molecule has 2 heterocycles. The van der Waals surface area contributed by atoms with Gasteiger partial charge in [0, 0.05) is 24.5 Å². The Bertz CT molecular complexity index is 966. The molecular weight excluding hydrogens is 405 g/mol. The van der Waals surface area contributed by atoms with Crippen LogP contribution in [0.15, 0.2) is 53.4 Å². The number of piperidine rings is 1. The van der Waals surface area contributed by atoms with Crippen molar-refractivity contribution in [2.24, 2.45) is 5.92 Å². The maximum Gasteiger partial charge on any atom is 0.247 e. The van der Waals surface area contributed by atoms with Crippen LogP contribution in [0.5, 0.6) is 0 Å². The number of carbonyl (C=O) groups excluding carboxylic acids is 3. The molecular formula is C22H22FN3O3S. The molecule has 2 aromatic carbocycles. The first-order valence-electron chi connectivity index (χ1n) is 9.89. The van der Waals surface area contributed by atoms with E-state index in [0.29, 0.717) is 38.2 Å². The summed E-state index contributed by atoms with van der Waals surface area (Å²) in [4.78, 5) is 40.6. The third-order valence-electron chi connectivity index (χ3n) is 5.34. The van der Waals surface area contributed by atoms with Gasteiger partial charge >= 0.3 is 0 Å². The minimum atomic E-state index is -0.846. The highest BCUT2D eigenvalue weighted by atomic mass is 32.2. The van der Waals surface area contributed by atoms with Crippen LogP contribution < -0.4 is 10.6 Å². The summed E-state index contributed by atoms with van der Waals surface area (Å²) in [6.07, 6.45) is 1.39. The van der Waals surface area contributed by atoms with Gasteiger partial charge in [-0.05, 0) is 42.7 Å². The van der Waals surface area contributed by atoms with Crippen LogP contribution in [0.3, 0.4) is 0 Å². The maximum atomic E-state index is 13.0. The van der Waals surface area contributed by atoms with E-state index in [1.165, 1.54) is 23.9 Å². The van der Waals surface area contributed by atoms with Crippen LogP contribution in [0.4, 0.5) is 10.1 Å². The molecule has 6 nitrogen and oxygen atoms in total. The van der Waals surface area contributed by atoms with Crippen molar-refractivity contribution in [1.29, 1.82) is 0 Å². The van der Waals surface area contributed by atoms with Gasteiger partial charge in [0.25, 0.3) is 0 Å². The summed E-state index contributed by atoms with van der Waals surface area (Å²) in [6.45, 7) is 1.13. The quantitative estimate of drug-likeness (QED) is 0.736. The second kappa shape index (κ2) is 8.87. The Morgan fingerprint density at radius 1 is 1.17 bits per heavy atom. The summed E-state index contributed by atoms with van der Waals surface area (Å²) in [6, 6.07) is 13.4. The number of likely N-dealkylation sites (tertiary alicyclic amines) is 1. The molecule has 2 aliphatic heterocycles. The van der Waals surface area contributed by atoms with Crippen molar-refractivity contribution in [1.82, 2.24) is 10.2 Å². The van der Waals surface area contributed by atoms with Crippen molar-refractivity contribution in [2.75, 3.05) is 18.4 Å². The smallest absolute Gasteiger partial charge is 0.247 e. The van der Waals surface area contributed by atoms with Gasteiger partial charge in [-0.1, -0.05) is 24.3 Å². The Morgan fingerprint density at radius 2 is 1.93 bits per heavy atom. The molecule has 4 rings (SSSR count). The summed E-state index contributed by atoms with van der Waals surface area (Å²) in [5.74, 6) is -1.37. The molecule has 0 bridgehead atoms. The number of halogens is 1. The number of fused-ring (bicyclic) bond motifs is 1. The van der Waals surface area contributed by atoms with Gasteiger partial charge in [-0.3, -0.25) is 14.4 Å². The largest absolute Gasteiger partial charge is 0.352 e. The number of rotatable bonds is 4. The zero-order chi connectivity index (χ0) is 21.1. The van der Waals surface area contributed by atoms with E-state index in [2.05, 4.69) is 10.6 Å². The molecule has 2 atom stereocenters. The van der Waals surface area contributed by atoms with Crippen LogP contribution in [0.1, 0.15) is 18.4 Å². The SMILES string of the molecule is O=C(NCc1ccc(F)cc1)C1CCCN(C(=O)C2Sc3ccccc3NC2=O)C1. The van der Waals surface area contributed by atoms with Crippen molar-refractivity contribution in [3.05, 3.63) is 59.9 Å². The zero-order valence-corrected chi connectivity index (χ0v) is 17.1. The molecule has 1 fully saturated rings. The van der Waals surface area contributed by atoms with Gasteiger partial charge in [-0.25, -0.2) is 4.39 Å². The Hall–Kier alpha value is -2.87. The van der Waals surface area contributed by atoms with Crippen molar-refractivity contribution < 1.29 is 18.8 Å². The average Bonchev–Trinajstić information content (AvgIpc) is 2.77.